The zero-order valence-corrected chi connectivity index (χ0v) is 16.0. The predicted octanol–water partition coefficient (Wildman–Crippen LogP) is 5.20. The van der Waals surface area contributed by atoms with E-state index in [0.717, 1.165) is 16.3 Å². The van der Waals surface area contributed by atoms with Crippen LogP contribution in [0.25, 0.3) is 32.9 Å². The molecule has 142 valence electrons. The number of nitrogens with one attached hydrogen (secondary N) is 1. The molecular weight excluding hydrogens is 385 g/mol. The Morgan fingerprint density at radius 2 is 1.86 bits per heavy atom. The molecule has 0 fully saturated rings. The maximum atomic E-state index is 15.7. The molecule has 3 aromatic carbocycles. The monoisotopic (exact) mass is 401 g/mol. The van der Waals surface area contributed by atoms with Crippen LogP contribution in [0.3, 0.4) is 0 Å². The first-order chi connectivity index (χ1) is 14.1. The molecule has 0 spiro atoms. The third-order valence-electron chi connectivity index (χ3n) is 5.14. The molecule has 0 radical (unpaired) electrons. The van der Waals surface area contributed by atoms with Crippen molar-refractivity contribution in [3.8, 4) is 11.3 Å². The van der Waals surface area contributed by atoms with Crippen molar-refractivity contribution < 1.29 is 9.18 Å². The van der Waals surface area contributed by atoms with E-state index in [0.29, 0.717) is 21.5 Å². The number of carbonyl (C=O) groups is 1. The number of fused-ring (bicyclic) bond motifs is 2. The van der Waals surface area contributed by atoms with Crippen molar-refractivity contribution in [3.63, 3.8) is 0 Å². The van der Waals surface area contributed by atoms with Gasteiger partial charge in [-0.1, -0.05) is 48.5 Å². The highest BCUT2D eigenvalue weighted by molar-refractivity contribution is 7.10. The maximum Gasteiger partial charge on any atom is 0.230 e. The summed E-state index contributed by atoms with van der Waals surface area (Å²) in [5.41, 5.74) is 7.79. The van der Waals surface area contributed by atoms with Crippen LogP contribution in [0.1, 0.15) is 16.4 Å². The van der Waals surface area contributed by atoms with Crippen molar-refractivity contribution in [2.24, 2.45) is 5.73 Å². The van der Waals surface area contributed by atoms with Gasteiger partial charge in [-0.15, -0.1) is 11.3 Å². The number of amides is 1. The van der Waals surface area contributed by atoms with Crippen molar-refractivity contribution in [2.45, 2.75) is 5.92 Å². The van der Waals surface area contributed by atoms with E-state index in [9.17, 15) is 4.79 Å². The Bertz CT molecular complexity index is 1360. The Morgan fingerprint density at radius 1 is 1.03 bits per heavy atom. The molecule has 1 amide bonds. The summed E-state index contributed by atoms with van der Waals surface area (Å²) in [5, 5.41) is 11.6. The van der Waals surface area contributed by atoms with Crippen molar-refractivity contribution in [3.05, 3.63) is 88.4 Å². The molecule has 0 aliphatic heterocycles. The fourth-order valence-corrected chi connectivity index (χ4v) is 4.61. The van der Waals surface area contributed by atoms with Gasteiger partial charge < -0.3 is 5.73 Å². The minimum atomic E-state index is -0.834. The van der Waals surface area contributed by atoms with E-state index >= 15 is 4.39 Å². The summed E-state index contributed by atoms with van der Waals surface area (Å²) < 4.78 is 15.7. The number of aromatic amines is 1. The number of nitrogens with zero attached hydrogens (tertiary/aromatic N) is 1. The van der Waals surface area contributed by atoms with E-state index in [1.165, 1.54) is 11.3 Å². The van der Waals surface area contributed by atoms with E-state index in [-0.39, 0.29) is 5.56 Å². The van der Waals surface area contributed by atoms with Gasteiger partial charge in [-0.05, 0) is 34.4 Å². The molecule has 4 nitrogen and oxygen atoms in total. The fourth-order valence-electron chi connectivity index (χ4n) is 3.76. The first-order valence-electron chi connectivity index (χ1n) is 9.12. The number of thiophene rings is 1. The van der Waals surface area contributed by atoms with Crippen LogP contribution in [0.5, 0.6) is 0 Å². The third-order valence-corrected chi connectivity index (χ3v) is 6.08. The summed E-state index contributed by atoms with van der Waals surface area (Å²) >= 11 is 1.38. The molecule has 1 unspecified atom stereocenters. The number of hydrogen-bond acceptors (Lipinski definition) is 3. The summed E-state index contributed by atoms with van der Waals surface area (Å²) in [4.78, 5) is 12.9. The molecule has 5 aromatic rings. The minimum absolute atomic E-state index is 0.260. The molecule has 3 N–H and O–H groups in total. The van der Waals surface area contributed by atoms with Gasteiger partial charge in [0, 0.05) is 16.0 Å². The first-order valence-corrected chi connectivity index (χ1v) is 10.00. The lowest BCUT2D eigenvalue weighted by Gasteiger charge is -2.14. The van der Waals surface area contributed by atoms with Gasteiger partial charge in [0.25, 0.3) is 0 Å². The van der Waals surface area contributed by atoms with Crippen LogP contribution in [-0.2, 0) is 4.79 Å². The van der Waals surface area contributed by atoms with Crippen molar-refractivity contribution in [1.29, 1.82) is 0 Å². The summed E-state index contributed by atoms with van der Waals surface area (Å²) in [6, 6.07) is 20.9. The van der Waals surface area contributed by atoms with Crippen LogP contribution >= 0.6 is 11.3 Å². The number of nitrogens with two attached hydrogens (primary N) is 1. The minimum Gasteiger partial charge on any atom is -0.369 e. The number of aromatic nitrogens is 2. The predicted molar refractivity (Wildman–Crippen MR) is 114 cm³/mol. The van der Waals surface area contributed by atoms with Gasteiger partial charge in [-0.2, -0.15) is 5.10 Å². The van der Waals surface area contributed by atoms with E-state index in [1.807, 2.05) is 53.9 Å². The number of hydrogen-bond donors (Lipinski definition) is 2. The Kier molecular flexibility index (Phi) is 4.14. The standard InChI is InChI=1S/C23H16FN3OS/c24-21-16(19(23(25)28)18-6-3-11-29-18)9-10-17-20(21)22(27-26-17)15-8-7-13-4-1-2-5-14(13)12-15/h1-12,19H,(H2,25,28)(H,26,27). The van der Waals surface area contributed by atoms with Crippen molar-refractivity contribution in [2.75, 3.05) is 0 Å². The summed E-state index contributed by atoms with van der Waals surface area (Å²) in [6.07, 6.45) is 0. The van der Waals surface area contributed by atoms with E-state index < -0.39 is 17.6 Å². The van der Waals surface area contributed by atoms with Crippen LogP contribution in [0.2, 0.25) is 0 Å². The van der Waals surface area contributed by atoms with Gasteiger partial charge in [-0.25, -0.2) is 4.39 Å². The number of halogens is 1. The van der Waals surface area contributed by atoms with Crippen molar-refractivity contribution in [1.82, 2.24) is 10.2 Å². The topological polar surface area (TPSA) is 71.8 Å². The molecule has 0 aliphatic rings. The molecule has 2 heterocycles. The van der Waals surface area contributed by atoms with Gasteiger partial charge in [0.2, 0.25) is 5.91 Å². The molecule has 1 atom stereocenters. The molecular formula is C23H16FN3OS. The van der Waals surface area contributed by atoms with Crippen molar-refractivity contribution >= 4 is 38.9 Å². The lowest BCUT2D eigenvalue weighted by molar-refractivity contribution is -0.118. The van der Waals surface area contributed by atoms with Gasteiger partial charge in [0.1, 0.15) is 11.5 Å². The molecule has 29 heavy (non-hydrogen) atoms. The molecule has 0 saturated carbocycles. The largest absolute Gasteiger partial charge is 0.369 e. The Labute approximate surface area is 169 Å². The van der Waals surface area contributed by atoms with Gasteiger partial charge in [0.15, 0.2) is 0 Å². The average molecular weight is 401 g/mol. The number of carbonyl (C=O) groups excluding carboxylic acids is 1. The first kappa shape index (κ1) is 17.6. The molecule has 0 aliphatic carbocycles. The van der Waals surface area contributed by atoms with Crippen LogP contribution < -0.4 is 5.73 Å². The fraction of sp³-hybridized carbons (Fsp3) is 0.0435. The average Bonchev–Trinajstić information content (AvgIpc) is 3.40. The van der Waals surface area contributed by atoms with Crippen LogP contribution in [-0.4, -0.2) is 16.1 Å². The lowest BCUT2D eigenvalue weighted by atomic mass is 9.93. The smallest absolute Gasteiger partial charge is 0.230 e. The molecule has 2 aromatic heterocycles. The van der Waals surface area contributed by atoms with E-state index in [4.69, 9.17) is 5.73 Å². The molecule has 5 rings (SSSR count). The summed E-state index contributed by atoms with van der Waals surface area (Å²) in [6.45, 7) is 0. The number of H-pyrrole nitrogens is 1. The highest BCUT2D eigenvalue weighted by atomic mass is 32.1. The zero-order valence-electron chi connectivity index (χ0n) is 15.2. The highest BCUT2D eigenvalue weighted by Gasteiger charge is 2.27. The second-order valence-corrected chi connectivity index (χ2v) is 7.86. The molecule has 0 bridgehead atoms. The Hall–Kier alpha value is -3.51. The normalized spacial score (nSPS) is 12.4. The Morgan fingerprint density at radius 3 is 2.62 bits per heavy atom. The Balaban J connectivity index is 1.72. The molecule has 0 saturated heterocycles. The van der Waals surface area contributed by atoms with Crippen LogP contribution in [0, 0.1) is 5.82 Å². The number of primary amides is 1. The quantitative estimate of drug-likeness (QED) is 0.434. The molecule has 6 heteroatoms. The maximum absolute atomic E-state index is 15.7. The van der Waals surface area contributed by atoms with Gasteiger partial charge >= 0.3 is 0 Å². The zero-order chi connectivity index (χ0) is 20.0. The second-order valence-electron chi connectivity index (χ2n) is 6.88. The lowest BCUT2D eigenvalue weighted by Crippen LogP contribution is -2.22. The summed E-state index contributed by atoms with van der Waals surface area (Å²) in [5.74, 6) is -1.89. The van der Waals surface area contributed by atoms with Gasteiger partial charge in [0.05, 0.1) is 16.8 Å². The van der Waals surface area contributed by atoms with Crippen LogP contribution in [0.4, 0.5) is 4.39 Å². The SMILES string of the molecule is NC(=O)C(c1cccs1)c1ccc2[nH]nc(-c3ccc4ccccc4c3)c2c1F. The van der Waals surface area contributed by atoms with E-state index in [2.05, 4.69) is 10.2 Å². The number of rotatable bonds is 4. The highest BCUT2D eigenvalue weighted by Crippen LogP contribution is 2.36. The third kappa shape index (κ3) is 2.89. The van der Waals surface area contributed by atoms with Crippen LogP contribution in [0.15, 0.2) is 72.1 Å². The second kappa shape index (κ2) is 6.83. The summed E-state index contributed by atoms with van der Waals surface area (Å²) in [7, 11) is 0. The van der Waals surface area contributed by atoms with Gasteiger partial charge in [-0.3, -0.25) is 9.89 Å². The van der Waals surface area contributed by atoms with E-state index in [1.54, 1.807) is 18.2 Å². The number of benzene rings is 3.